The Morgan fingerprint density at radius 1 is 1.11 bits per heavy atom. The number of fused-ring (bicyclic) bond motifs is 1. The van der Waals surface area contributed by atoms with E-state index in [1.807, 2.05) is 30.3 Å². The van der Waals surface area contributed by atoms with Crippen LogP contribution in [0.4, 0.5) is 26.1 Å². The highest BCUT2D eigenvalue weighted by molar-refractivity contribution is 5.99. The monoisotopic (exact) mass is 479 g/mol. The lowest BCUT2D eigenvalue weighted by atomic mass is 10.1. The van der Waals surface area contributed by atoms with E-state index in [1.165, 1.54) is 18.3 Å². The number of halogens is 2. The lowest BCUT2D eigenvalue weighted by Crippen LogP contribution is -2.30. The number of carbonyl (C=O) groups is 1. The van der Waals surface area contributed by atoms with E-state index < -0.39 is 23.7 Å². The van der Waals surface area contributed by atoms with Crippen molar-refractivity contribution in [2.45, 2.75) is 19.0 Å². The second kappa shape index (κ2) is 8.72. The molecule has 1 aromatic carbocycles. The maximum atomic E-state index is 14.1. The van der Waals surface area contributed by atoms with Gasteiger partial charge in [0.05, 0.1) is 29.5 Å². The molecule has 4 heterocycles. The highest BCUT2D eigenvalue weighted by atomic mass is 19.3. The third kappa shape index (κ3) is 4.38. The molecule has 4 aromatic rings. The molecule has 0 bridgehead atoms. The van der Waals surface area contributed by atoms with Crippen LogP contribution in [0, 0.1) is 6.92 Å². The zero-order valence-corrected chi connectivity index (χ0v) is 18.3. The average Bonchev–Trinajstić information content (AvgIpc) is 3.37. The Hall–Kier alpha value is -4.45. The summed E-state index contributed by atoms with van der Waals surface area (Å²) < 4.78 is 33.7. The lowest BCUT2D eigenvalue weighted by Gasteiger charge is -2.20. The van der Waals surface area contributed by atoms with E-state index in [2.05, 4.69) is 30.8 Å². The van der Waals surface area contributed by atoms with Crippen LogP contribution in [0.5, 0.6) is 0 Å². The van der Waals surface area contributed by atoms with Crippen LogP contribution >= 0.6 is 0 Å². The number of pyridine rings is 2. The quantitative estimate of drug-likeness (QED) is 0.293. The highest BCUT2D eigenvalue weighted by Gasteiger charge is 2.45. The van der Waals surface area contributed by atoms with Gasteiger partial charge in [-0.2, -0.15) is 8.78 Å². The predicted octanol–water partition coefficient (Wildman–Crippen LogP) is 3.52. The van der Waals surface area contributed by atoms with Crippen LogP contribution in [0.15, 0.2) is 59.1 Å². The number of benzene rings is 1. The van der Waals surface area contributed by atoms with E-state index in [-0.39, 0.29) is 29.7 Å². The van der Waals surface area contributed by atoms with Crippen LogP contribution in [0.2, 0.25) is 0 Å². The Morgan fingerprint density at radius 3 is 2.63 bits per heavy atom. The minimum Gasteiger partial charge on any atom is -0.421 e. The number of carbonyl (C=O) groups excluding carboxylic acids is 1. The van der Waals surface area contributed by atoms with Gasteiger partial charge in [-0.15, -0.1) is 10.2 Å². The summed E-state index contributed by atoms with van der Waals surface area (Å²) in [6, 6.07) is 9.58. The number of anilines is 3. The summed E-state index contributed by atoms with van der Waals surface area (Å²) in [5.41, 5.74) is 0.972. The molecule has 10 nitrogen and oxygen atoms in total. The number of nitrogens with one attached hydrogen (secondary N) is 3. The van der Waals surface area contributed by atoms with Crippen molar-refractivity contribution in [2.75, 3.05) is 17.2 Å². The average molecular weight is 479 g/mol. The molecule has 1 amide bonds. The summed E-state index contributed by atoms with van der Waals surface area (Å²) in [6.45, 7) is 1.45. The molecule has 0 saturated heterocycles. The Bertz CT molecular complexity index is 1400. The molecular formula is C23H19F2N7O3. The molecule has 178 valence electrons. The zero-order valence-electron chi connectivity index (χ0n) is 18.3. The number of aliphatic hydroxyl groups is 1. The minimum atomic E-state index is -3.56. The summed E-state index contributed by atoms with van der Waals surface area (Å²) in [5.74, 6) is 0.0330. The van der Waals surface area contributed by atoms with Crippen LogP contribution in [0.25, 0.3) is 11.5 Å². The first kappa shape index (κ1) is 22.3. The van der Waals surface area contributed by atoms with Crippen LogP contribution in [-0.4, -0.2) is 37.8 Å². The normalized spacial score (nSPS) is 14.8. The van der Waals surface area contributed by atoms with Gasteiger partial charge in [-0.3, -0.25) is 10.1 Å². The van der Waals surface area contributed by atoms with Gasteiger partial charge in [-0.1, -0.05) is 30.3 Å². The number of amides is 1. The van der Waals surface area contributed by atoms with Crippen molar-refractivity contribution in [2.24, 2.45) is 0 Å². The van der Waals surface area contributed by atoms with Gasteiger partial charge in [-0.25, -0.2) is 9.97 Å². The highest BCUT2D eigenvalue weighted by Crippen LogP contribution is 2.35. The van der Waals surface area contributed by atoms with Gasteiger partial charge in [0.2, 0.25) is 5.89 Å². The predicted molar refractivity (Wildman–Crippen MR) is 121 cm³/mol. The van der Waals surface area contributed by atoms with Crippen LogP contribution in [0.1, 0.15) is 33.5 Å². The summed E-state index contributed by atoms with van der Waals surface area (Å²) in [5, 5.41) is 25.6. The van der Waals surface area contributed by atoms with Crippen molar-refractivity contribution in [3.8, 4) is 11.5 Å². The topological polar surface area (TPSA) is 138 Å². The van der Waals surface area contributed by atoms with Crippen molar-refractivity contribution in [1.29, 1.82) is 0 Å². The molecule has 12 heteroatoms. The van der Waals surface area contributed by atoms with Gasteiger partial charge in [0.15, 0.2) is 0 Å². The second-order valence-corrected chi connectivity index (χ2v) is 7.78. The van der Waals surface area contributed by atoms with E-state index in [0.717, 1.165) is 5.56 Å². The number of aliphatic hydroxyl groups excluding tert-OH is 1. The second-order valence-electron chi connectivity index (χ2n) is 7.78. The molecule has 3 aromatic heterocycles. The van der Waals surface area contributed by atoms with E-state index in [1.54, 1.807) is 18.3 Å². The molecule has 4 N–H and O–H groups in total. The smallest absolute Gasteiger partial charge is 0.370 e. The largest absolute Gasteiger partial charge is 0.421 e. The summed E-state index contributed by atoms with van der Waals surface area (Å²) in [7, 11) is 0. The molecule has 1 aliphatic heterocycles. The molecule has 0 fully saturated rings. The number of alkyl halides is 2. The fourth-order valence-electron chi connectivity index (χ4n) is 3.68. The molecule has 35 heavy (non-hydrogen) atoms. The maximum Gasteiger partial charge on any atom is 0.370 e. The SMILES string of the molecule is Cc1nnc(-c2cnc(Nc3ccc4c(n3)C(F)(F)NC4=O)cc2N[C@H](CO)c2ccccc2)o1. The Labute approximate surface area is 197 Å². The molecular weight excluding hydrogens is 460 g/mol. The van der Waals surface area contributed by atoms with Gasteiger partial charge < -0.3 is 20.2 Å². The fourth-order valence-corrected chi connectivity index (χ4v) is 3.68. The number of rotatable bonds is 7. The van der Waals surface area contributed by atoms with Gasteiger partial charge in [0, 0.05) is 19.2 Å². The summed E-state index contributed by atoms with van der Waals surface area (Å²) in [6.07, 6.45) is 1.48. The molecule has 1 aliphatic rings. The van der Waals surface area contributed by atoms with Crippen molar-refractivity contribution >= 4 is 23.2 Å². The fraction of sp³-hybridized carbons (Fsp3) is 0.174. The zero-order chi connectivity index (χ0) is 24.6. The minimum absolute atomic E-state index is 0.0709. The molecule has 0 spiro atoms. The van der Waals surface area contributed by atoms with E-state index in [0.29, 0.717) is 17.1 Å². The van der Waals surface area contributed by atoms with Crippen molar-refractivity contribution in [3.63, 3.8) is 0 Å². The van der Waals surface area contributed by atoms with Gasteiger partial charge >= 0.3 is 6.05 Å². The molecule has 0 aliphatic carbocycles. The Balaban J connectivity index is 1.50. The number of hydrogen-bond donors (Lipinski definition) is 4. The first-order valence-electron chi connectivity index (χ1n) is 10.6. The summed E-state index contributed by atoms with van der Waals surface area (Å²) in [4.78, 5) is 19.9. The molecule has 0 saturated carbocycles. The first-order chi connectivity index (χ1) is 16.8. The van der Waals surface area contributed by atoms with E-state index >= 15 is 0 Å². The number of aryl methyl sites for hydroxylation is 1. The van der Waals surface area contributed by atoms with Gasteiger partial charge in [-0.05, 0) is 17.7 Å². The van der Waals surface area contributed by atoms with E-state index in [4.69, 9.17) is 4.42 Å². The molecule has 1 atom stereocenters. The first-order valence-corrected chi connectivity index (χ1v) is 10.6. The third-order valence-electron chi connectivity index (χ3n) is 5.34. The van der Waals surface area contributed by atoms with Crippen LogP contribution in [-0.2, 0) is 6.05 Å². The number of hydrogen-bond acceptors (Lipinski definition) is 9. The van der Waals surface area contributed by atoms with E-state index in [9.17, 15) is 18.7 Å². The van der Waals surface area contributed by atoms with Crippen molar-refractivity contribution < 1.29 is 23.1 Å². The number of nitrogens with zero attached hydrogens (tertiary/aromatic N) is 4. The lowest BCUT2D eigenvalue weighted by molar-refractivity contribution is -0.0278. The summed E-state index contributed by atoms with van der Waals surface area (Å²) >= 11 is 0. The standard InChI is InChI=1S/C23H19F2N7O3/c1-12-31-32-22(35-12)15-10-26-19(9-16(15)27-17(11-33)13-5-3-2-4-6-13)28-18-8-7-14-20(29-18)23(24,25)30-21(14)34/h2-10,17,33H,11H2,1H3,(H,30,34)(H2,26,27,28,29)/t17-/m1/s1. The number of aromatic nitrogens is 4. The Kier molecular flexibility index (Phi) is 5.57. The molecule has 0 radical (unpaired) electrons. The molecule has 0 unspecified atom stereocenters. The van der Waals surface area contributed by atoms with Gasteiger partial charge in [0.25, 0.3) is 11.8 Å². The molecule has 5 rings (SSSR count). The Morgan fingerprint density at radius 2 is 1.91 bits per heavy atom. The van der Waals surface area contributed by atoms with Gasteiger partial charge in [0.1, 0.15) is 17.3 Å². The van der Waals surface area contributed by atoms with Crippen LogP contribution < -0.4 is 16.0 Å². The van der Waals surface area contributed by atoms with Crippen LogP contribution in [0.3, 0.4) is 0 Å². The van der Waals surface area contributed by atoms with Crippen molar-refractivity contribution in [1.82, 2.24) is 25.5 Å². The third-order valence-corrected chi connectivity index (χ3v) is 5.34. The maximum absolute atomic E-state index is 14.1. The van der Waals surface area contributed by atoms with Crippen molar-refractivity contribution in [3.05, 3.63) is 77.4 Å².